The summed E-state index contributed by atoms with van der Waals surface area (Å²) in [5.41, 5.74) is 5.02. The Morgan fingerprint density at radius 1 is 0.851 bits per heavy atom. The zero-order valence-corrected chi connectivity index (χ0v) is 29.3. The normalized spacial score (nSPS) is 9.98. The van der Waals surface area contributed by atoms with Crippen LogP contribution in [0.4, 0.5) is 0 Å². The molecule has 0 atom stereocenters. The quantitative estimate of drug-likeness (QED) is 0.179. The molecule has 0 unspecified atom stereocenters. The van der Waals surface area contributed by atoms with Crippen LogP contribution in [0.5, 0.6) is 5.75 Å². The molecule has 5 aromatic rings. The van der Waals surface area contributed by atoms with Crippen LogP contribution < -0.4 is 39.4 Å². The number of aliphatic carboxylic acids is 2. The van der Waals surface area contributed by atoms with Gasteiger partial charge in [-0.25, -0.2) is 0 Å². The van der Waals surface area contributed by atoms with Gasteiger partial charge >= 0.3 is 35.5 Å². The van der Waals surface area contributed by atoms with E-state index in [1.54, 1.807) is 92.4 Å². The van der Waals surface area contributed by atoms with Gasteiger partial charge in [-0.15, -0.1) is 0 Å². The predicted octanol–water partition coefficient (Wildman–Crippen LogP) is 0.139. The summed E-state index contributed by atoms with van der Waals surface area (Å²) >= 11 is 5.89. The molecule has 47 heavy (non-hydrogen) atoms. The molecule has 0 fully saturated rings. The van der Waals surface area contributed by atoms with E-state index in [-0.39, 0.29) is 65.0 Å². The number of methoxy groups -OCH3 is 1. The van der Waals surface area contributed by atoms with Gasteiger partial charge in [-0.2, -0.15) is 0 Å². The summed E-state index contributed by atoms with van der Waals surface area (Å²) in [5.74, 6) is -1.86. The molecule has 242 valence electrons. The van der Waals surface area contributed by atoms with Crippen molar-refractivity contribution < 1.29 is 74.6 Å². The van der Waals surface area contributed by atoms with Crippen molar-refractivity contribution in [2.75, 3.05) is 7.11 Å². The van der Waals surface area contributed by atoms with E-state index < -0.39 is 11.9 Å². The van der Waals surface area contributed by atoms with E-state index in [0.29, 0.717) is 55.4 Å². The monoisotopic (exact) mass is 672 g/mol. The first-order chi connectivity index (χ1) is 20.9. The minimum absolute atomic E-state index is 0. The van der Waals surface area contributed by atoms with Crippen LogP contribution in [0.25, 0.3) is 10.9 Å². The van der Waals surface area contributed by atoms with Gasteiger partial charge in [0, 0.05) is 52.4 Å². The summed E-state index contributed by atoms with van der Waals surface area (Å²) in [6.45, 7) is 3.70. The zero-order chi connectivity index (χ0) is 32.1. The predicted molar refractivity (Wildman–Crippen MR) is 172 cm³/mol. The van der Waals surface area contributed by atoms with Gasteiger partial charge in [0.05, 0.1) is 24.7 Å². The van der Waals surface area contributed by atoms with E-state index in [9.17, 15) is 29.4 Å². The van der Waals surface area contributed by atoms with E-state index in [0.717, 1.165) is 5.56 Å². The Morgan fingerprint density at radius 2 is 1.45 bits per heavy atom. The molecule has 2 heterocycles. The average molecular weight is 673 g/mol. The van der Waals surface area contributed by atoms with E-state index in [1.807, 2.05) is 19.1 Å². The number of fused-ring (bicyclic) bond motifs is 1. The summed E-state index contributed by atoms with van der Waals surface area (Å²) in [7, 11) is 3.22. The second-order valence-electron chi connectivity index (χ2n) is 10.2. The molecule has 0 aliphatic carbocycles. The number of ether oxygens (including phenoxy) is 1. The second-order valence-corrected chi connectivity index (χ2v) is 10.6. The van der Waals surface area contributed by atoms with Crippen molar-refractivity contribution in [3.63, 3.8) is 0 Å². The van der Waals surface area contributed by atoms with Crippen molar-refractivity contribution >= 4 is 46.1 Å². The zero-order valence-electron chi connectivity index (χ0n) is 26.6. The minimum atomic E-state index is -1.16. The first-order valence-corrected chi connectivity index (χ1v) is 13.9. The minimum Gasteiger partial charge on any atom is -0.550 e. The molecule has 0 aliphatic heterocycles. The molecular formula is C34H34ClN2NaO9. The molecular weight excluding hydrogens is 639 g/mol. The summed E-state index contributed by atoms with van der Waals surface area (Å²) in [4.78, 5) is 47.1. The van der Waals surface area contributed by atoms with Gasteiger partial charge in [0.15, 0.2) is 0 Å². The number of ketones is 1. The fraction of sp³-hybridized carbons (Fsp3) is 0.176. The summed E-state index contributed by atoms with van der Waals surface area (Å²) < 4.78 is 8.37. The van der Waals surface area contributed by atoms with E-state index >= 15 is 0 Å². The fourth-order valence-corrected chi connectivity index (χ4v) is 5.03. The molecule has 11 nitrogen and oxygen atoms in total. The number of carbonyl (C=O) groups is 4. The maximum atomic E-state index is 13.0. The van der Waals surface area contributed by atoms with E-state index in [1.165, 1.54) is 4.57 Å². The van der Waals surface area contributed by atoms with Crippen LogP contribution >= 0.6 is 11.6 Å². The van der Waals surface area contributed by atoms with Gasteiger partial charge in [-0.05, 0) is 74.0 Å². The number of carbonyl (C=O) groups excluding carboxylic acids is 3. The molecule has 13 heteroatoms. The van der Waals surface area contributed by atoms with Crippen LogP contribution in [0.15, 0.2) is 78.9 Å². The van der Waals surface area contributed by atoms with Crippen LogP contribution in [0.1, 0.15) is 48.9 Å². The van der Waals surface area contributed by atoms with Crippen LogP contribution in [-0.2, 0) is 29.5 Å². The number of aryl methyl sites for hydroxylation is 1. The summed E-state index contributed by atoms with van der Waals surface area (Å²) in [6, 6.07) is 22.4. The summed E-state index contributed by atoms with van der Waals surface area (Å²) in [5, 5.41) is 21.1. The average Bonchev–Trinajstić information content (AvgIpc) is 3.48. The molecule has 0 saturated heterocycles. The van der Waals surface area contributed by atoms with Crippen molar-refractivity contribution in [1.82, 2.24) is 9.13 Å². The Kier molecular flexibility index (Phi) is 15.3. The Morgan fingerprint density at radius 3 is 2.00 bits per heavy atom. The molecule has 0 amide bonds. The topological polar surface area (TPSA) is 194 Å². The van der Waals surface area contributed by atoms with Crippen LogP contribution in [0, 0.1) is 13.8 Å². The molecule has 0 bridgehead atoms. The van der Waals surface area contributed by atoms with Gasteiger partial charge in [0.25, 0.3) is 5.91 Å². The van der Waals surface area contributed by atoms with Gasteiger partial charge in [0.2, 0.25) is 5.78 Å². The second kappa shape index (κ2) is 17.6. The number of hydrogen-bond acceptors (Lipinski definition) is 6. The Balaban J connectivity index is 0.000000456. The first kappa shape index (κ1) is 40.8. The molecule has 0 radical (unpaired) electrons. The van der Waals surface area contributed by atoms with Gasteiger partial charge < -0.3 is 35.3 Å². The van der Waals surface area contributed by atoms with Crippen LogP contribution in [0.3, 0.4) is 0 Å². The molecule has 3 aromatic carbocycles. The molecule has 5 rings (SSSR count). The van der Waals surface area contributed by atoms with Crippen molar-refractivity contribution in [2.45, 2.75) is 26.7 Å². The van der Waals surface area contributed by atoms with Crippen molar-refractivity contribution in [2.24, 2.45) is 7.05 Å². The van der Waals surface area contributed by atoms with E-state index in [4.69, 9.17) is 16.3 Å². The van der Waals surface area contributed by atoms with Gasteiger partial charge in [-0.3, -0.25) is 19.0 Å². The van der Waals surface area contributed by atoms with Crippen LogP contribution in [-0.4, -0.2) is 55.9 Å². The Labute approximate surface area is 298 Å². The SMILES string of the molecule is COc1ccc2c(c1)c(CC(=O)O)c(C)n2C(=O)c1ccc(Cl)cc1.Cc1ccc(C(=O)c2ccc(CC(=O)[O-])n2C)cc1.O.O.[Na+]. The van der Waals surface area contributed by atoms with Gasteiger partial charge in [-0.1, -0.05) is 41.4 Å². The van der Waals surface area contributed by atoms with Crippen molar-refractivity contribution in [1.29, 1.82) is 0 Å². The number of nitrogens with zero attached hydrogens (tertiary/aromatic N) is 2. The van der Waals surface area contributed by atoms with Gasteiger partial charge in [0.1, 0.15) is 5.75 Å². The number of benzene rings is 3. The fourth-order valence-electron chi connectivity index (χ4n) is 4.91. The maximum Gasteiger partial charge on any atom is 1.00 e. The number of carboxylic acid groups (broad SMARTS) is 2. The number of rotatable bonds is 8. The third-order valence-corrected chi connectivity index (χ3v) is 7.51. The van der Waals surface area contributed by atoms with Crippen LogP contribution in [0.2, 0.25) is 5.02 Å². The third-order valence-electron chi connectivity index (χ3n) is 7.26. The number of aromatic nitrogens is 2. The Bertz CT molecular complexity index is 1880. The third kappa shape index (κ3) is 9.41. The standard InChI is InChI=1S/C19H16ClNO4.C15H15NO3.Na.2H2O/c1-11-15(10-18(22)23)16-9-14(25-2)7-8-17(16)21(11)19(24)12-3-5-13(20)6-4-12;1-10-3-5-11(6-4-10)15(19)13-8-7-12(16(13)2)9-14(17)18;;;/h3-9H,10H2,1-2H3,(H,22,23);3-8H,9H2,1-2H3,(H,17,18);;2*1H2/q;;+1;;/p-1. The first-order valence-electron chi connectivity index (χ1n) is 13.6. The van der Waals surface area contributed by atoms with Crippen molar-refractivity contribution in [3.05, 3.63) is 123 Å². The molecule has 0 spiro atoms. The van der Waals surface area contributed by atoms with E-state index in [2.05, 4.69) is 0 Å². The molecule has 5 N–H and O–H groups in total. The number of hydrogen-bond donors (Lipinski definition) is 1. The molecule has 0 saturated carbocycles. The molecule has 0 aliphatic rings. The maximum absolute atomic E-state index is 13.0. The largest absolute Gasteiger partial charge is 1.00 e. The molecule has 2 aromatic heterocycles. The summed E-state index contributed by atoms with van der Waals surface area (Å²) in [6.07, 6.45) is -0.367. The smallest absolute Gasteiger partial charge is 0.550 e. The number of carboxylic acids is 2. The Hall–Kier alpha value is -4.23. The van der Waals surface area contributed by atoms with Crippen molar-refractivity contribution in [3.8, 4) is 5.75 Å². The number of halogens is 1.